The van der Waals surface area contributed by atoms with Gasteiger partial charge in [0.15, 0.2) is 12.2 Å². The Kier molecular flexibility index (Phi) is 5.60. The van der Waals surface area contributed by atoms with Crippen LogP contribution in [0.2, 0.25) is 0 Å². The Bertz CT molecular complexity index is 1100. The Morgan fingerprint density at radius 2 is 1.75 bits per heavy atom. The molecule has 3 fully saturated rings. The summed E-state index contributed by atoms with van der Waals surface area (Å²) in [6, 6.07) is 0. The second-order valence-corrected chi connectivity index (χ2v) is 11.9. The van der Waals surface area contributed by atoms with Crippen molar-refractivity contribution in [2.45, 2.75) is 91.0 Å². The lowest BCUT2D eigenvalue weighted by Gasteiger charge is -2.56. The van der Waals surface area contributed by atoms with Gasteiger partial charge in [-0.15, -0.1) is 0 Å². The zero-order valence-corrected chi connectivity index (χ0v) is 22.0. The summed E-state index contributed by atoms with van der Waals surface area (Å²) in [6.07, 6.45) is 7.47. The van der Waals surface area contributed by atoms with Crippen LogP contribution in [0.25, 0.3) is 0 Å². The van der Waals surface area contributed by atoms with Gasteiger partial charge in [0.1, 0.15) is 11.4 Å². The minimum absolute atomic E-state index is 0.0661. The lowest BCUT2D eigenvalue weighted by Crippen LogP contribution is -2.62. The Morgan fingerprint density at radius 3 is 2.39 bits per heavy atom. The lowest BCUT2D eigenvalue weighted by atomic mass is 9.46. The van der Waals surface area contributed by atoms with Gasteiger partial charge in [0, 0.05) is 37.5 Å². The number of hydrogen-bond donors (Lipinski definition) is 0. The summed E-state index contributed by atoms with van der Waals surface area (Å²) in [5, 5.41) is 0. The summed E-state index contributed by atoms with van der Waals surface area (Å²) < 4.78 is 23.1. The second-order valence-electron chi connectivity index (χ2n) is 11.9. The lowest BCUT2D eigenvalue weighted by molar-refractivity contribution is -0.187. The number of fused-ring (bicyclic) bond motifs is 3. The Labute approximate surface area is 211 Å². The number of Topliss-reactive ketones (excluding diaryl/α,β-unsaturated/α-hetero) is 1. The second kappa shape index (κ2) is 8.01. The number of carbonyl (C=O) groups is 4. The topological polar surface area (TPSA) is 109 Å². The van der Waals surface area contributed by atoms with Crippen LogP contribution in [0.5, 0.6) is 0 Å². The molecule has 2 unspecified atom stereocenters. The van der Waals surface area contributed by atoms with E-state index in [2.05, 4.69) is 26.8 Å². The number of ketones is 1. The number of rotatable bonds is 5. The molecule has 0 bridgehead atoms. The van der Waals surface area contributed by atoms with Gasteiger partial charge in [0.2, 0.25) is 5.78 Å². The van der Waals surface area contributed by atoms with Gasteiger partial charge in [0.05, 0.1) is 6.10 Å². The summed E-state index contributed by atoms with van der Waals surface area (Å²) in [5.74, 6) is -0.705. The van der Waals surface area contributed by atoms with Crippen LogP contribution in [0.3, 0.4) is 0 Å². The Morgan fingerprint density at radius 1 is 1.03 bits per heavy atom. The Balaban J connectivity index is 1.52. The van der Waals surface area contributed by atoms with Crippen molar-refractivity contribution in [3.8, 4) is 0 Å². The van der Waals surface area contributed by atoms with E-state index in [4.69, 9.17) is 18.9 Å². The predicted molar refractivity (Wildman–Crippen MR) is 127 cm³/mol. The SMILES string of the molecule is CC(=O)OCC(=O)[C@@]1(OC(C)=O)CC[C@H]2[C@@H]3CC=C4C=C(OC(C)=O)C(C)C[C@]4(C)[C@]34OC4C[C@@]21C. The molecule has 8 nitrogen and oxygen atoms in total. The molecule has 0 aromatic carbocycles. The minimum Gasteiger partial charge on any atom is -0.458 e. The first-order chi connectivity index (χ1) is 16.8. The van der Waals surface area contributed by atoms with Crippen LogP contribution in [0.15, 0.2) is 23.5 Å². The van der Waals surface area contributed by atoms with E-state index in [1.807, 2.05) is 6.08 Å². The number of esters is 3. The quantitative estimate of drug-likeness (QED) is 0.318. The van der Waals surface area contributed by atoms with Crippen molar-refractivity contribution in [3.63, 3.8) is 0 Å². The van der Waals surface area contributed by atoms with E-state index in [0.29, 0.717) is 18.6 Å². The van der Waals surface area contributed by atoms with Gasteiger partial charge in [-0.2, -0.15) is 0 Å². The molecular formula is C28H36O8. The fraction of sp³-hybridized carbons (Fsp3) is 0.714. The molecule has 5 rings (SSSR count). The molecule has 0 aromatic rings. The van der Waals surface area contributed by atoms with Crippen molar-refractivity contribution in [2.75, 3.05) is 6.61 Å². The molecule has 1 spiro atoms. The third kappa shape index (κ3) is 3.22. The maximum absolute atomic E-state index is 13.5. The van der Waals surface area contributed by atoms with Crippen molar-refractivity contribution in [3.05, 3.63) is 23.5 Å². The molecule has 1 heterocycles. The van der Waals surface area contributed by atoms with Crippen molar-refractivity contribution < 1.29 is 38.1 Å². The highest BCUT2D eigenvalue weighted by Crippen LogP contribution is 2.76. The van der Waals surface area contributed by atoms with Gasteiger partial charge in [0.25, 0.3) is 0 Å². The molecular weight excluding hydrogens is 464 g/mol. The van der Waals surface area contributed by atoms with E-state index < -0.39 is 29.6 Å². The molecule has 1 saturated heterocycles. The zero-order valence-electron chi connectivity index (χ0n) is 22.0. The van der Waals surface area contributed by atoms with E-state index in [1.54, 1.807) is 0 Å². The molecule has 1 aliphatic heterocycles. The largest absolute Gasteiger partial charge is 0.458 e. The molecule has 0 aromatic heterocycles. The third-order valence-corrected chi connectivity index (χ3v) is 9.98. The third-order valence-electron chi connectivity index (χ3n) is 9.98. The van der Waals surface area contributed by atoms with Gasteiger partial charge in [-0.25, -0.2) is 0 Å². The number of ether oxygens (including phenoxy) is 4. The number of allylic oxidation sites excluding steroid dienone is 3. The molecule has 0 N–H and O–H groups in total. The Hall–Kier alpha value is -2.48. The molecule has 36 heavy (non-hydrogen) atoms. The van der Waals surface area contributed by atoms with E-state index in [9.17, 15) is 19.2 Å². The van der Waals surface area contributed by atoms with Crippen LogP contribution < -0.4 is 0 Å². The van der Waals surface area contributed by atoms with Gasteiger partial charge < -0.3 is 18.9 Å². The number of epoxide rings is 1. The van der Waals surface area contributed by atoms with Crippen molar-refractivity contribution >= 4 is 23.7 Å². The first-order valence-electron chi connectivity index (χ1n) is 13.0. The molecule has 4 aliphatic carbocycles. The van der Waals surface area contributed by atoms with E-state index in [-0.39, 0.29) is 46.6 Å². The van der Waals surface area contributed by atoms with Crippen molar-refractivity contribution in [2.24, 2.45) is 28.6 Å². The normalized spacial score (nSPS) is 43.9. The van der Waals surface area contributed by atoms with E-state index in [0.717, 1.165) is 24.8 Å². The van der Waals surface area contributed by atoms with Crippen LogP contribution in [-0.2, 0) is 38.1 Å². The van der Waals surface area contributed by atoms with Crippen LogP contribution in [0, 0.1) is 28.6 Å². The summed E-state index contributed by atoms with van der Waals surface area (Å²) in [4.78, 5) is 48.9. The summed E-state index contributed by atoms with van der Waals surface area (Å²) in [7, 11) is 0. The summed E-state index contributed by atoms with van der Waals surface area (Å²) in [5.41, 5.74) is -1.44. The van der Waals surface area contributed by atoms with E-state index in [1.165, 1.54) is 20.8 Å². The molecule has 0 amide bonds. The van der Waals surface area contributed by atoms with Gasteiger partial charge in [-0.3, -0.25) is 19.2 Å². The number of carbonyl (C=O) groups excluding carboxylic acids is 4. The first kappa shape index (κ1) is 25.2. The maximum Gasteiger partial charge on any atom is 0.307 e. The highest BCUT2D eigenvalue weighted by Gasteiger charge is 2.82. The first-order valence-corrected chi connectivity index (χ1v) is 13.0. The fourth-order valence-electron chi connectivity index (χ4n) is 8.58. The maximum atomic E-state index is 13.5. The van der Waals surface area contributed by atoms with Crippen LogP contribution in [0.4, 0.5) is 0 Å². The van der Waals surface area contributed by atoms with E-state index >= 15 is 0 Å². The summed E-state index contributed by atoms with van der Waals surface area (Å²) >= 11 is 0. The van der Waals surface area contributed by atoms with Gasteiger partial charge >= 0.3 is 17.9 Å². The average molecular weight is 501 g/mol. The summed E-state index contributed by atoms with van der Waals surface area (Å²) in [6.45, 7) is 9.99. The molecule has 8 atom stereocenters. The smallest absolute Gasteiger partial charge is 0.307 e. The fourth-order valence-corrected chi connectivity index (χ4v) is 8.58. The zero-order chi connectivity index (χ0) is 26.3. The van der Waals surface area contributed by atoms with Gasteiger partial charge in [-0.05, 0) is 55.6 Å². The standard InChI is InChI=1S/C28H36O8/c1-15-12-25(5)19(11-22(15)34-17(3)30)7-8-21-20-9-10-27(35-18(4)31,23(32)14-33-16(2)29)26(20,6)13-24-28(21,25)36-24/h7,11,15,20-21,24H,8-10,12-14H2,1-6H3/t15?,20-,21-,24?,25-,26-,27-,28-/m0/s1. The molecule has 196 valence electrons. The van der Waals surface area contributed by atoms with Crippen molar-refractivity contribution in [1.29, 1.82) is 0 Å². The van der Waals surface area contributed by atoms with Crippen LogP contribution >= 0.6 is 0 Å². The monoisotopic (exact) mass is 500 g/mol. The molecule has 0 radical (unpaired) electrons. The van der Waals surface area contributed by atoms with Crippen LogP contribution in [-0.4, -0.2) is 47.6 Å². The average Bonchev–Trinajstić information content (AvgIpc) is 3.42. The van der Waals surface area contributed by atoms with Crippen molar-refractivity contribution in [1.82, 2.24) is 0 Å². The highest BCUT2D eigenvalue weighted by molar-refractivity contribution is 5.93. The molecule has 5 aliphatic rings. The number of hydrogen-bond acceptors (Lipinski definition) is 8. The molecule has 8 heteroatoms. The minimum atomic E-state index is -1.34. The predicted octanol–water partition coefficient (Wildman–Crippen LogP) is 3.82. The van der Waals surface area contributed by atoms with Crippen LogP contribution in [0.1, 0.15) is 73.6 Å². The van der Waals surface area contributed by atoms with Gasteiger partial charge in [-0.1, -0.05) is 26.8 Å². The molecule has 2 saturated carbocycles. The highest BCUT2D eigenvalue weighted by atomic mass is 16.6.